The minimum atomic E-state index is -0.354. The molecule has 0 spiro atoms. The largest absolute Gasteiger partial charge is 0.502 e. The van der Waals surface area contributed by atoms with Gasteiger partial charge in [0, 0.05) is 18.8 Å². The van der Waals surface area contributed by atoms with Gasteiger partial charge >= 0.3 is 5.69 Å². The van der Waals surface area contributed by atoms with Crippen molar-refractivity contribution in [1.29, 1.82) is 0 Å². The van der Waals surface area contributed by atoms with Gasteiger partial charge in [0.2, 0.25) is 0 Å². The molecule has 0 bridgehead atoms. The lowest BCUT2D eigenvalue weighted by Gasteiger charge is -2.04. The summed E-state index contributed by atoms with van der Waals surface area (Å²) in [5.41, 5.74) is -0.694. The zero-order valence-corrected chi connectivity index (χ0v) is 9.85. The predicted octanol–water partition coefficient (Wildman–Crippen LogP) is 1.26. The third-order valence-electron chi connectivity index (χ3n) is 2.43. The quantitative estimate of drug-likeness (QED) is 0.547. The maximum atomic E-state index is 11.3. The van der Waals surface area contributed by atoms with Gasteiger partial charge in [-0.2, -0.15) is 0 Å². The predicted molar refractivity (Wildman–Crippen MR) is 65.9 cm³/mol. The Morgan fingerprint density at radius 1 is 1.29 bits per heavy atom. The molecule has 0 unspecified atom stereocenters. The van der Waals surface area contributed by atoms with Crippen LogP contribution in [-0.2, 0) is 11.3 Å². The van der Waals surface area contributed by atoms with Gasteiger partial charge in [-0.1, -0.05) is 19.4 Å². The molecule has 0 saturated heterocycles. The number of nitrogens with one attached hydrogen (secondary N) is 1. The van der Waals surface area contributed by atoms with Crippen molar-refractivity contribution in [3.05, 3.63) is 45.9 Å². The van der Waals surface area contributed by atoms with Crippen molar-refractivity contribution >= 4 is 0 Å². The fraction of sp³-hybridized carbons (Fsp3) is 0.500. The third kappa shape index (κ3) is 5.19. The first-order valence-corrected chi connectivity index (χ1v) is 5.76. The molecule has 0 aliphatic carbocycles. The van der Waals surface area contributed by atoms with Crippen molar-refractivity contribution in [1.82, 2.24) is 9.55 Å². The van der Waals surface area contributed by atoms with E-state index in [4.69, 9.17) is 4.74 Å². The van der Waals surface area contributed by atoms with Gasteiger partial charge in [0.15, 0.2) is 0 Å². The van der Waals surface area contributed by atoms with E-state index in [0.717, 1.165) is 25.7 Å². The number of aromatic amines is 1. The summed E-state index contributed by atoms with van der Waals surface area (Å²) >= 11 is 0. The van der Waals surface area contributed by atoms with Crippen LogP contribution in [0.3, 0.4) is 0 Å². The summed E-state index contributed by atoms with van der Waals surface area (Å²) in [4.78, 5) is 24.4. The van der Waals surface area contributed by atoms with Crippen LogP contribution in [0.2, 0.25) is 0 Å². The van der Waals surface area contributed by atoms with E-state index in [9.17, 15) is 9.59 Å². The number of aromatic nitrogens is 2. The Morgan fingerprint density at radius 2 is 2.06 bits per heavy atom. The van der Waals surface area contributed by atoms with Crippen molar-refractivity contribution in [3.63, 3.8) is 0 Å². The zero-order valence-electron chi connectivity index (χ0n) is 9.85. The molecule has 0 atom stereocenters. The molecule has 1 heterocycles. The molecule has 0 amide bonds. The molecule has 0 fully saturated rings. The second kappa shape index (κ2) is 7.49. The van der Waals surface area contributed by atoms with Crippen LogP contribution in [0.4, 0.5) is 0 Å². The molecule has 1 N–H and O–H groups in total. The SMILES string of the molecule is C=COCCCCCCn1ccc(=O)[nH]c1=O. The molecule has 0 aliphatic rings. The standard InChI is InChI=1S/C12H18N2O3/c1-2-17-10-6-4-3-5-8-14-9-7-11(15)13-12(14)16/h2,7,9H,1,3-6,8,10H2,(H,13,15,16). The second-order valence-corrected chi connectivity index (χ2v) is 3.76. The minimum Gasteiger partial charge on any atom is -0.502 e. The van der Waals surface area contributed by atoms with Gasteiger partial charge < -0.3 is 9.30 Å². The van der Waals surface area contributed by atoms with Crippen LogP contribution in [0, 0.1) is 0 Å². The van der Waals surface area contributed by atoms with E-state index >= 15 is 0 Å². The first-order valence-electron chi connectivity index (χ1n) is 5.76. The molecule has 5 heteroatoms. The van der Waals surface area contributed by atoms with Crippen LogP contribution in [0.1, 0.15) is 25.7 Å². The molecule has 17 heavy (non-hydrogen) atoms. The summed E-state index contributed by atoms with van der Waals surface area (Å²) in [5, 5.41) is 0. The highest BCUT2D eigenvalue weighted by atomic mass is 16.5. The van der Waals surface area contributed by atoms with Crippen LogP contribution >= 0.6 is 0 Å². The Kier molecular flexibility index (Phi) is 5.85. The molecule has 94 valence electrons. The molecule has 0 saturated carbocycles. The van der Waals surface area contributed by atoms with Gasteiger partial charge in [-0.3, -0.25) is 9.78 Å². The van der Waals surface area contributed by atoms with Gasteiger partial charge in [-0.25, -0.2) is 4.79 Å². The van der Waals surface area contributed by atoms with E-state index < -0.39 is 0 Å². The molecule has 0 aliphatic heterocycles. The van der Waals surface area contributed by atoms with Crippen LogP contribution in [0.25, 0.3) is 0 Å². The van der Waals surface area contributed by atoms with E-state index in [1.165, 1.54) is 23.1 Å². The number of ether oxygens (including phenoxy) is 1. The van der Waals surface area contributed by atoms with Crippen LogP contribution in [-0.4, -0.2) is 16.2 Å². The minimum absolute atomic E-state index is 0.340. The number of unbranched alkanes of at least 4 members (excludes halogenated alkanes) is 3. The summed E-state index contributed by atoms with van der Waals surface area (Å²) in [6.45, 7) is 4.80. The maximum Gasteiger partial charge on any atom is 0.328 e. The Balaban J connectivity index is 2.20. The molecule has 1 aromatic heterocycles. The monoisotopic (exact) mass is 238 g/mol. The second-order valence-electron chi connectivity index (χ2n) is 3.76. The number of nitrogens with zero attached hydrogens (tertiary/aromatic N) is 1. The maximum absolute atomic E-state index is 11.3. The lowest BCUT2D eigenvalue weighted by atomic mass is 10.2. The van der Waals surface area contributed by atoms with Gasteiger partial charge in [-0.15, -0.1) is 0 Å². The highest BCUT2D eigenvalue weighted by Gasteiger charge is 1.96. The Hall–Kier alpha value is -1.78. The lowest BCUT2D eigenvalue weighted by Crippen LogP contribution is -2.28. The smallest absolute Gasteiger partial charge is 0.328 e. The van der Waals surface area contributed by atoms with Gasteiger partial charge in [-0.05, 0) is 12.8 Å². The molecule has 5 nitrogen and oxygen atoms in total. The van der Waals surface area contributed by atoms with E-state index in [2.05, 4.69) is 11.6 Å². The molecule has 1 rings (SSSR count). The van der Waals surface area contributed by atoms with E-state index in [1.807, 2.05) is 0 Å². The fourth-order valence-corrected chi connectivity index (χ4v) is 1.52. The molecule has 0 aromatic carbocycles. The zero-order chi connectivity index (χ0) is 12.5. The van der Waals surface area contributed by atoms with Crippen LogP contribution in [0.15, 0.2) is 34.7 Å². The van der Waals surface area contributed by atoms with Crippen molar-refractivity contribution in [2.24, 2.45) is 0 Å². The Labute approximate surface area is 99.7 Å². The normalized spacial score (nSPS) is 10.1. The average Bonchev–Trinajstić information content (AvgIpc) is 2.30. The van der Waals surface area contributed by atoms with E-state index in [0.29, 0.717) is 13.2 Å². The third-order valence-corrected chi connectivity index (χ3v) is 2.43. The van der Waals surface area contributed by atoms with Crippen LogP contribution < -0.4 is 11.2 Å². The topological polar surface area (TPSA) is 64.1 Å². The first kappa shape index (κ1) is 13.3. The Morgan fingerprint density at radius 3 is 2.76 bits per heavy atom. The highest BCUT2D eigenvalue weighted by molar-refractivity contribution is 4.82. The van der Waals surface area contributed by atoms with Gasteiger partial charge in [0.25, 0.3) is 5.56 Å². The lowest BCUT2D eigenvalue weighted by molar-refractivity contribution is 0.241. The van der Waals surface area contributed by atoms with Crippen molar-refractivity contribution in [3.8, 4) is 0 Å². The van der Waals surface area contributed by atoms with Gasteiger partial charge in [0.1, 0.15) is 0 Å². The summed E-state index contributed by atoms with van der Waals surface area (Å²) in [7, 11) is 0. The molecule has 1 aromatic rings. The van der Waals surface area contributed by atoms with E-state index in [-0.39, 0.29) is 11.2 Å². The number of hydrogen-bond acceptors (Lipinski definition) is 3. The molecule has 0 radical (unpaired) electrons. The summed E-state index contributed by atoms with van der Waals surface area (Å²) in [6, 6.07) is 1.36. The number of H-pyrrole nitrogens is 1. The fourth-order valence-electron chi connectivity index (χ4n) is 1.52. The number of hydrogen-bond donors (Lipinski definition) is 1. The van der Waals surface area contributed by atoms with Crippen molar-refractivity contribution in [2.75, 3.05) is 6.61 Å². The average molecular weight is 238 g/mol. The van der Waals surface area contributed by atoms with Gasteiger partial charge in [0.05, 0.1) is 12.9 Å². The molecular weight excluding hydrogens is 220 g/mol. The van der Waals surface area contributed by atoms with Crippen molar-refractivity contribution < 1.29 is 4.74 Å². The first-order chi connectivity index (χ1) is 8.24. The van der Waals surface area contributed by atoms with Crippen molar-refractivity contribution in [2.45, 2.75) is 32.2 Å². The summed E-state index contributed by atoms with van der Waals surface area (Å²) in [5.74, 6) is 0. The van der Waals surface area contributed by atoms with Crippen LogP contribution in [0.5, 0.6) is 0 Å². The summed E-state index contributed by atoms with van der Waals surface area (Å²) in [6.07, 6.45) is 6.98. The Bertz CT molecular complexity index is 448. The highest BCUT2D eigenvalue weighted by Crippen LogP contribution is 2.01. The van der Waals surface area contributed by atoms with E-state index in [1.54, 1.807) is 0 Å². The number of aryl methyl sites for hydroxylation is 1. The molecular formula is C12H18N2O3. The number of rotatable bonds is 8. The summed E-state index contributed by atoms with van der Waals surface area (Å²) < 4.78 is 6.52.